The molecule has 0 bridgehead atoms. The van der Waals surface area contributed by atoms with Crippen molar-refractivity contribution in [3.05, 3.63) is 17.1 Å². The zero-order chi connectivity index (χ0) is 10.2. The lowest BCUT2D eigenvalue weighted by molar-refractivity contribution is -0.117. The Kier molecular flexibility index (Phi) is 5.36. The molecule has 1 saturated heterocycles. The van der Waals surface area contributed by atoms with Gasteiger partial charge in [-0.3, -0.25) is 9.88 Å². The molecule has 2 heterocycles. The van der Waals surface area contributed by atoms with E-state index in [-0.39, 0.29) is 6.04 Å². The monoisotopic (exact) mass is 214 g/mol. The van der Waals surface area contributed by atoms with Crippen LogP contribution in [0.15, 0.2) is 17.1 Å². The number of rotatable bonds is 1. The van der Waals surface area contributed by atoms with Gasteiger partial charge in [0.15, 0.2) is 0 Å². The van der Waals surface area contributed by atoms with Crippen molar-refractivity contribution in [2.45, 2.75) is 6.04 Å². The number of carbonyl (C=O) groups is 1. The van der Waals surface area contributed by atoms with Crippen LogP contribution in [0.2, 0.25) is 0 Å². The van der Waals surface area contributed by atoms with Crippen LogP contribution >= 0.6 is 11.3 Å². The van der Waals surface area contributed by atoms with Crippen molar-refractivity contribution in [1.82, 2.24) is 9.88 Å². The molecule has 0 aliphatic carbocycles. The largest absolute Gasteiger partial charge is 0.378 e. The number of nitrogens with zero attached hydrogens (tertiary/aromatic N) is 2. The van der Waals surface area contributed by atoms with E-state index in [1.54, 1.807) is 23.0 Å². The van der Waals surface area contributed by atoms with E-state index in [0.29, 0.717) is 6.61 Å². The fourth-order valence-corrected chi connectivity index (χ4v) is 1.38. The fraction of sp³-hybridized carbons (Fsp3) is 0.556. The maximum Gasteiger partial charge on any atom is 0.139 e. The minimum absolute atomic E-state index is 0.0150. The highest BCUT2D eigenvalue weighted by atomic mass is 32.1. The Morgan fingerprint density at radius 1 is 1.71 bits per heavy atom. The number of likely N-dealkylation sites (N-methyl/N-ethyl adjacent to an activating group) is 1. The molecule has 0 saturated carbocycles. The molecule has 0 spiro atoms. The Morgan fingerprint density at radius 3 is 2.93 bits per heavy atom. The van der Waals surface area contributed by atoms with E-state index < -0.39 is 0 Å². The first-order chi connectivity index (χ1) is 6.84. The lowest BCUT2D eigenvalue weighted by Crippen LogP contribution is -2.43. The Bertz CT molecular complexity index is 224. The maximum absolute atomic E-state index is 10.2. The van der Waals surface area contributed by atoms with Gasteiger partial charge in [-0.25, -0.2) is 0 Å². The summed E-state index contributed by atoms with van der Waals surface area (Å²) in [5, 5.41) is 1.93. The molecule has 1 aliphatic rings. The summed E-state index contributed by atoms with van der Waals surface area (Å²) in [7, 11) is 1.93. The molecule has 4 nitrogen and oxygen atoms in total. The molecule has 2 rings (SSSR count). The lowest BCUT2D eigenvalue weighted by Gasteiger charge is -2.27. The predicted molar refractivity (Wildman–Crippen MR) is 55.4 cm³/mol. The molecular formula is C9H14N2O2S. The topological polar surface area (TPSA) is 42.4 Å². The summed E-state index contributed by atoms with van der Waals surface area (Å²) in [4.78, 5) is 16.0. The minimum atomic E-state index is -0.0150. The van der Waals surface area contributed by atoms with Crippen LogP contribution in [0.3, 0.4) is 0 Å². The normalized spacial score (nSPS) is 22.2. The smallest absolute Gasteiger partial charge is 0.139 e. The van der Waals surface area contributed by atoms with E-state index in [9.17, 15) is 4.79 Å². The van der Waals surface area contributed by atoms with Gasteiger partial charge in [0.05, 0.1) is 24.8 Å². The molecule has 14 heavy (non-hydrogen) atoms. The van der Waals surface area contributed by atoms with Crippen LogP contribution in [0.25, 0.3) is 0 Å². The number of ether oxygens (including phenoxy) is 1. The van der Waals surface area contributed by atoms with Crippen LogP contribution in [0.1, 0.15) is 0 Å². The van der Waals surface area contributed by atoms with Gasteiger partial charge >= 0.3 is 0 Å². The quantitative estimate of drug-likeness (QED) is 0.644. The third-order valence-corrected chi connectivity index (χ3v) is 2.47. The second kappa shape index (κ2) is 6.64. The van der Waals surface area contributed by atoms with Gasteiger partial charge < -0.3 is 9.53 Å². The Morgan fingerprint density at radius 2 is 2.57 bits per heavy atom. The van der Waals surface area contributed by atoms with Crippen LogP contribution in [-0.2, 0) is 9.53 Å². The Balaban J connectivity index is 0.000000165. The first-order valence-corrected chi connectivity index (χ1v) is 5.34. The van der Waals surface area contributed by atoms with Gasteiger partial charge in [-0.1, -0.05) is 0 Å². The second-order valence-electron chi connectivity index (χ2n) is 2.93. The van der Waals surface area contributed by atoms with Crippen molar-refractivity contribution in [2.24, 2.45) is 0 Å². The number of aldehydes is 1. The van der Waals surface area contributed by atoms with E-state index >= 15 is 0 Å². The zero-order valence-corrected chi connectivity index (χ0v) is 8.94. The molecule has 1 aliphatic heterocycles. The summed E-state index contributed by atoms with van der Waals surface area (Å²) in [5.74, 6) is 0. The third kappa shape index (κ3) is 3.95. The fourth-order valence-electron chi connectivity index (χ4n) is 1.02. The van der Waals surface area contributed by atoms with Crippen molar-refractivity contribution < 1.29 is 9.53 Å². The molecule has 1 fully saturated rings. The highest BCUT2D eigenvalue weighted by Gasteiger charge is 2.17. The molecule has 0 N–H and O–H groups in total. The van der Waals surface area contributed by atoms with Crippen molar-refractivity contribution in [2.75, 3.05) is 26.8 Å². The second-order valence-corrected chi connectivity index (χ2v) is 3.69. The van der Waals surface area contributed by atoms with Crippen molar-refractivity contribution in [3.63, 3.8) is 0 Å². The SMILES string of the molecule is CN1CCOCC1C=O.c1cscn1. The van der Waals surface area contributed by atoms with E-state index in [1.165, 1.54) is 0 Å². The first kappa shape index (κ1) is 11.3. The Labute approximate surface area is 87.5 Å². The number of thiazole rings is 1. The molecule has 1 aromatic heterocycles. The van der Waals surface area contributed by atoms with Crippen LogP contribution < -0.4 is 0 Å². The van der Waals surface area contributed by atoms with Crippen LogP contribution in [0.5, 0.6) is 0 Å². The molecular weight excluding hydrogens is 200 g/mol. The highest BCUT2D eigenvalue weighted by Crippen LogP contribution is 1.99. The summed E-state index contributed by atoms with van der Waals surface area (Å²) < 4.78 is 5.07. The van der Waals surface area contributed by atoms with Gasteiger partial charge in [0.2, 0.25) is 0 Å². The van der Waals surface area contributed by atoms with E-state index in [1.807, 2.05) is 17.3 Å². The van der Waals surface area contributed by atoms with Gasteiger partial charge in [-0.05, 0) is 7.05 Å². The van der Waals surface area contributed by atoms with Crippen LogP contribution in [0, 0.1) is 0 Å². The molecule has 78 valence electrons. The van der Waals surface area contributed by atoms with Crippen molar-refractivity contribution in [1.29, 1.82) is 0 Å². The molecule has 5 heteroatoms. The number of aromatic nitrogens is 1. The third-order valence-electron chi connectivity index (χ3n) is 1.95. The molecule has 0 amide bonds. The van der Waals surface area contributed by atoms with E-state index in [2.05, 4.69) is 4.98 Å². The molecule has 0 radical (unpaired) electrons. The van der Waals surface area contributed by atoms with Crippen LogP contribution in [-0.4, -0.2) is 49.0 Å². The lowest BCUT2D eigenvalue weighted by atomic mass is 10.3. The zero-order valence-electron chi connectivity index (χ0n) is 8.13. The van der Waals surface area contributed by atoms with E-state index in [4.69, 9.17) is 4.74 Å². The maximum atomic E-state index is 10.2. The summed E-state index contributed by atoms with van der Waals surface area (Å²) in [6.07, 6.45) is 2.70. The summed E-state index contributed by atoms with van der Waals surface area (Å²) >= 11 is 1.60. The summed E-state index contributed by atoms with van der Waals surface area (Å²) in [6, 6.07) is -0.0150. The molecule has 1 aromatic rings. The predicted octanol–water partition coefficient (Wildman–Crippen LogP) is 0.659. The number of morpholine rings is 1. The Hall–Kier alpha value is -0.780. The van der Waals surface area contributed by atoms with Gasteiger partial charge in [-0.15, -0.1) is 11.3 Å². The van der Waals surface area contributed by atoms with Gasteiger partial charge in [-0.2, -0.15) is 0 Å². The summed E-state index contributed by atoms with van der Waals surface area (Å²) in [5.41, 5.74) is 1.79. The molecule has 0 aromatic carbocycles. The standard InChI is InChI=1S/C6H11NO2.C3H3NS/c1-7-2-3-9-5-6(7)4-8;1-2-5-3-4-1/h4,6H,2-3,5H2,1H3;1-3H. The number of hydrogen-bond acceptors (Lipinski definition) is 5. The average Bonchev–Trinajstić information content (AvgIpc) is 2.76. The molecule has 1 atom stereocenters. The average molecular weight is 214 g/mol. The number of hydrogen-bond donors (Lipinski definition) is 0. The van der Waals surface area contributed by atoms with Crippen molar-refractivity contribution >= 4 is 17.6 Å². The van der Waals surface area contributed by atoms with E-state index in [0.717, 1.165) is 19.4 Å². The van der Waals surface area contributed by atoms with Gasteiger partial charge in [0, 0.05) is 18.1 Å². The first-order valence-electron chi connectivity index (χ1n) is 4.40. The van der Waals surface area contributed by atoms with Crippen LogP contribution in [0.4, 0.5) is 0 Å². The molecule has 1 unspecified atom stereocenters. The minimum Gasteiger partial charge on any atom is -0.378 e. The van der Waals surface area contributed by atoms with Gasteiger partial charge in [0.1, 0.15) is 6.29 Å². The highest BCUT2D eigenvalue weighted by molar-refractivity contribution is 7.07. The van der Waals surface area contributed by atoms with Crippen molar-refractivity contribution in [3.8, 4) is 0 Å². The van der Waals surface area contributed by atoms with Gasteiger partial charge in [0.25, 0.3) is 0 Å². The number of carbonyl (C=O) groups excluding carboxylic acids is 1. The summed E-state index contributed by atoms with van der Waals surface area (Å²) in [6.45, 7) is 2.17.